The molecule has 1 saturated heterocycles. The molecule has 1 heterocycles. The number of morpholine rings is 1. The maximum absolute atomic E-state index is 5.50. The first-order valence-electron chi connectivity index (χ1n) is 10.6. The number of nitrogens with zero attached hydrogens (tertiary/aromatic N) is 1. The Morgan fingerprint density at radius 1 is 0.821 bits per heavy atom. The number of hydrogen-bond acceptors (Lipinski definition) is 4. The van der Waals surface area contributed by atoms with Gasteiger partial charge < -0.3 is 20.3 Å². The lowest BCUT2D eigenvalue weighted by atomic mass is 9.92. The van der Waals surface area contributed by atoms with Crippen molar-refractivity contribution in [2.45, 2.75) is 39.5 Å². The van der Waals surface area contributed by atoms with Crippen LogP contribution in [-0.2, 0) is 4.74 Å². The van der Waals surface area contributed by atoms with E-state index in [9.17, 15) is 0 Å². The van der Waals surface area contributed by atoms with Crippen LogP contribution in [0.4, 0.5) is 17.1 Å². The van der Waals surface area contributed by atoms with E-state index in [4.69, 9.17) is 4.74 Å². The lowest BCUT2D eigenvalue weighted by molar-refractivity contribution is 0.123. The predicted octanol–water partition coefficient (Wildman–Crippen LogP) is 5.29. The summed E-state index contributed by atoms with van der Waals surface area (Å²) in [7, 11) is 0. The van der Waals surface area contributed by atoms with Crippen LogP contribution in [0.1, 0.15) is 50.7 Å². The normalized spacial score (nSPS) is 14.6. The second-order valence-corrected chi connectivity index (χ2v) is 8.09. The highest BCUT2D eigenvalue weighted by atomic mass is 16.5. The number of benzene rings is 2. The van der Waals surface area contributed by atoms with E-state index in [1.165, 1.54) is 28.2 Å². The van der Waals surface area contributed by atoms with Crippen molar-refractivity contribution in [1.29, 1.82) is 0 Å². The molecule has 1 fully saturated rings. The minimum Gasteiger partial charge on any atom is -0.383 e. The summed E-state index contributed by atoms with van der Waals surface area (Å²) in [6, 6.07) is 15.3. The molecule has 2 aromatic rings. The molecule has 0 bridgehead atoms. The summed E-state index contributed by atoms with van der Waals surface area (Å²) in [5.41, 5.74) is 6.60. The van der Waals surface area contributed by atoms with Gasteiger partial charge in [-0.25, -0.2) is 0 Å². The smallest absolute Gasteiger partial charge is 0.0642 e. The molecule has 28 heavy (non-hydrogen) atoms. The van der Waals surface area contributed by atoms with Gasteiger partial charge in [0.1, 0.15) is 0 Å². The number of hydrogen-bond donors (Lipinski definition) is 2. The molecule has 0 aliphatic carbocycles. The third-order valence-corrected chi connectivity index (χ3v) is 5.37. The molecule has 0 aromatic heterocycles. The fourth-order valence-corrected chi connectivity index (χ4v) is 3.84. The van der Waals surface area contributed by atoms with Gasteiger partial charge in [-0.15, -0.1) is 0 Å². The summed E-state index contributed by atoms with van der Waals surface area (Å²) in [6.07, 6.45) is 0. The van der Waals surface area contributed by atoms with Crippen LogP contribution in [0.3, 0.4) is 0 Å². The molecule has 0 atom stereocenters. The van der Waals surface area contributed by atoms with E-state index in [2.05, 4.69) is 85.7 Å². The Morgan fingerprint density at radius 3 is 2.07 bits per heavy atom. The van der Waals surface area contributed by atoms with Gasteiger partial charge in [0.2, 0.25) is 0 Å². The van der Waals surface area contributed by atoms with E-state index in [0.717, 1.165) is 39.4 Å². The third kappa shape index (κ3) is 4.99. The minimum absolute atomic E-state index is 0.510. The van der Waals surface area contributed by atoms with Gasteiger partial charge in [-0.1, -0.05) is 58.0 Å². The predicted molar refractivity (Wildman–Crippen MR) is 121 cm³/mol. The standard InChI is InChI=1S/C24H35N3O/c1-18(2)20-8-7-9-21(19(3)4)24(20)26-13-12-25-22-10-5-6-11-23(22)27-14-16-28-17-15-27/h5-11,18-19,25-26H,12-17H2,1-4H3. The molecule has 0 radical (unpaired) electrons. The fourth-order valence-electron chi connectivity index (χ4n) is 3.84. The zero-order valence-corrected chi connectivity index (χ0v) is 17.8. The first kappa shape index (κ1) is 20.5. The van der Waals surface area contributed by atoms with Crippen LogP contribution in [-0.4, -0.2) is 39.4 Å². The quantitative estimate of drug-likeness (QED) is 0.609. The summed E-state index contributed by atoms with van der Waals surface area (Å²) in [5, 5.41) is 7.35. The zero-order chi connectivity index (χ0) is 19.9. The molecule has 2 N–H and O–H groups in total. The van der Waals surface area contributed by atoms with Crippen LogP contribution in [0.2, 0.25) is 0 Å². The van der Waals surface area contributed by atoms with Gasteiger partial charge in [0.15, 0.2) is 0 Å². The molecular formula is C24H35N3O. The van der Waals surface area contributed by atoms with Crippen molar-refractivity contribution in [3.8, 4) is 0 Å². The maximum Gasteiger partial charge on any atom is 0.0642 e. The van der Waals surface area contributed by atoms with Gasteiger partial charge >= 0.3 is 0 Å². The third-order valence-electron chi connectivity index (χ3n) is 5.37. The number of ether oxygens (including phenoxy) is 1. The van der Waals surface area contributed by atoms with Crippen molar-refractivity contribution in [2.75, 3.05) is 54.9 Å². The first-order chi connectivity index (χ1) is 13.6. The highest BCUT2D eigenvalue weighted by Gasteiger charge is 2.15. The van der Waals surface area contributed by atoms with Crippen molar-refractivity contribution in [1.82, 2.24) is 0 Å². The van der Waals surface area contributed by atoms with E-state index in [0.29, 0.717) is 11.8 Å². The Bertz CT molecular complexity index is 725. The van der Waals surface area contributed by atoms with Gasteiger partial charge in [-0.3, -0.25) is 0 Å². The molecule has 4 nitrogen and oxygen atoms in total. The van der Waals surface area contributed by atoms with E-state index < -0.39 is 0 Å². The largest absolute Gasteiger partial charge is 0.383 e. The van der Waals surface area contributed by atoms with Crippen molar-refractivity contribution >= 4 is 17.1 Å². The summed E-state index contributed by atoms with van der Waals surface area (Å²) in [4.78, 5) is 2.41. The molecule has 0 unspecified atom stereocenters. The van der Waals surface area contributed by atoms with E-state index >= 15 is 0 Å². The topological polar surface area (TPSA) is 36.5 Å². The molecule has 0 spiro atoms. The Labute approximate surface area is 170 Å². The van der Waals surface area contributed by atoms with Crippen molar-refractivity contribution < 1.29 is 4.74 Å². The van der Waals surface area contributed by atoms with Crippen molar-refractivity contribution in [2.24, 2.45) is 0 Å². The molecule has 2 aromatic carbocycles. The maximum atomic E-state index is 5.50. The van der Waals surface area contributed by atoms with Crippen LogP contribution >= 0.6 is 0 Å². The van der Waals surface area contributed by atoms with Gasteiger partial charge in [0, 0.05) is 31.9 Å². The lowest BCUT2D eigenvalue weighted by Gasteiger charge is -2.30. The zero-order valence-electron chi connectivity index (χ0n) is 17.8. The second kappa shape index (κ2) is 9.83. The average molecular weight is 382 g/mol. The summed E-state index contributed by atoms with van der Waals surface area (Å²) in [6.45, 7) is 14.4. The Hall–Kier alpha value is -2.20. The van der Waals surface area contributed by atoms with Gasteiger partial charge in [-0.2, -0.15) is 0 Å². The number of para-hydroxylation sites is 3. The van der Waals surface area contributed by atoms with Gasteiger partial charge in [-0.05, 0) is 35.1 Å². The highest BCUT2D eigenvalue weighted by molar-refractivity contribution is 5.70. The SMILES string of the molecule is CC(C)c1cccc(C(C)C)c1NCCNc1ccccc1N1CCOCC1. The van der Waals surface area contributed by atoms with Crippen molar-refractivity contribution in [3.63, 3.8) is 0 Å². The van der Waals surface area contributed by atoms with Crippen LogP contribution in [0.15, 0.2) is 42.5 Å². The molecule has 4 heteroatoms. The molecular weight excluding hydrogens is 346 g/mol. The highest BCUT2D eigenvalue weighted by Crippen LogP contribution is 2.32. The Morgan fingerprint density at radius 2 is 1.43 bits per heavy atom. The lowest BCUT2D eigenvalue weighted by Crippen LogP contribution is -2.36. The van der Waals surface area contributed by atoms with Crippen molar-refractivity contribution in [3.05, 3.63) is 53.6 Å². The van der Waals surface area contributed by atoms with E-state index in [-0.39, 0.29) is 0 Å². The number of rotatable bonds is 8. The summed E-state index contributed by atoms with van der Waals surface area (Å²) in [5.74, 6) is 1.02. The first-order valence-corrected chi connectivity index (χ1v) is 10.6. The van der Waals surface area contributed by atoms with Gasteiger partial charge in [0.05, 0.1) is 24.6 Å². The van der Waals surface area contributed by atoms with E-state index in [1.807, 2.05) is 0 Å². The summed E-state index contributed by atoms with van der Waals surface area (Å²) >= 11 is 0. The number of anilines is 3. The van der Waals surface area contributed by atoms with Gasteiger partial charge in [0.25, 0.3) is 0 Å². The molecule has 1 aliphatic rings. The van der Waals surface area contributed by atoms with E-state index in [1.54, 1.807) is 0 Å². The molecule has 3 rings (SSSR count). The summed E-state index contributed by atoms with van der Waals surface area (Å²) < 4.78 is 5.50. The minimum atomic E-state index is 0.510. The Kier molecular flexibility index (Phi) is 7.21. The fraction of sp³-hybridized carbons (Fsp3) is 0.500. The molecule has 0 amide bonds. The van der Waals surface area contributed by atoms with Crippen LogP contribution in [0.5, 0.6) is 0 Å². The van der Waals surface area contributed by atoms with Crippen LogP contribution < -0.4 is 15.5 Å². The second-order valence-electron chi connectivity index (χ2n) is 8.09. The van der Waals surface area contributed by atoms with Crippen LogP contribution in [0, 0.1) is 0 Å². The average Bonchev–Trinajstić information content (AvgIpc) is 2.71. The molecule has 0 saturated carbocycles. The Balaban J connectivity index is 1.64. The van der Waals surface area contributed by atoms with Crippen LogP contribution in [0.25, 0.3) is 0 Å². The molecule has 1 aliphatic heterocycles. The monoisotopic (exact) mass is 381 g/mol. The number of nitrogens with one attached hydrogen (secondary N) is 2. The molecule has 152 valence electrons.